The molecule has 2 unspecified atom stereocenters. The lowest BCUT2D eigenvalue weighted by atomic mass is 10.0. The van der Waals surface area contributed by atoms with Crippen molar-refractivity contribution in [2.45, 2.75) is 18.6 Å². The van der Waals surface area contributed by atoms with Crippen LogP contribution in [0.25, 0.3) is 10.2 Å². The first kappa shape index (κ1) is 16.5. The second-order valence-electron chi connectivity index (χ2n) is 5.06. The van der Waals surface area contributed by atoms with Crippen molar-refractivity contribution in [2.24, 2.45) is 0 Å². The number of anilines is 1. The van der Waals surface area contributed by atoms with Gasteiger partial charge in [-0.1, -0.05) is 45.1 Å². The van der Waals surface area contributed by atoms with Crippen LogP contribution in [-0.4, -0.2) is 9.97 Å². The van der Waals surface area contributed by atoms with Gasteiger partial charge in [-0.2, -0.15) is 8.78 Å². The van der Waals surface area contributed by atoms with E-state index < -0.39 is 5.66 Å². The molecule has 2 heterocycles. The molecule has 3 aromatic rings. The lowest BCUT2D eigenvalue weighted by molar-refractivity contribution is 0.102. The number of nitrogens with one attached hydrogen (secondary N) is 1. The molecule has 0 aliphatic rings. The van der Waals surface area contributed by atoms with E-state index in [0.29, 0.717) is 15.7 Å². The van der Waals surface area contributed by atoms with Crippen molar-refractivity contribution in [2.75, 3.05) is 5.32 Å². The molecular weight excluding hydrogens is 359 g/mol. The number of hydrogen-bond acceptors (Lipinski definition) is 4. The molecule has 0 aliphatic carbocycles. The molecule has 3 rings (SSSR count). The summed E-state index contributed by atoms with van der Waals surface area (Å²) in [5.74, 6) is 0.585. The van der Waals surface area contributed by atoms with Crippen LogP contribution < -0.4 is 5.32 Å². The van der Waals surface area contributed by atoms with Gasteiger partial charge in [0.1, 0.15) is 12.1 Å². The summed E-state index contributed by atoms with van der Waals surface area (Å²) in [6, 6.07) is 7.86. The number of fused-ring (bicyclic) bond motifs is 1. The Morgan fingerprint density at radius 2 is 2.04 bits per heavy atom. The third-order valence-corrected chi connectivity index (χ3v) is 4.99. The molecule has 0 aliphatic heterocycles. The number of hydrogen-bond donors (Lipinski definition) is 1. The monoisotopic (exact) mass is 371 g/mol. The highest BCUT2D eigenvalue weighted by molar-refractivity contribution is 7.23. The maximum absolute atomic E-state index is 13.8. The smallest absolute Gasteiger partial charge is 0.284 e. The minimum absolute atomic E-state index is 0.0282. The van der Waals surface area contributed by atoms with Crippen LogP contribution in [0.4, 0.5) is 14.6 Å². The summed E-state index contributed by atoms with van der Waals surface area (Å²) in [6.07, 6.45) is 1.43. The van der Waals surface area contributed by atoms with E-state index in [1.807, 2.05) is 6.92 Å². The molecule has 1 N–H and O–H groups in total. The average Bonchev–Trinajstić information content (AvgIpc) is 2.88. The lowest BCUT2D eigenvalue weighted by Crippen LogP contribution is -2.14. The fraction of sp³-hybridized carbons (Fsp3) is 0.200. The Bertz CT molecular complexity index is 850. The van der Waals surface area contributed by atoms with Gasteiger partial charge in [0.25, 0.3) is 5.66 Å². The van der Waals surface area contributed by atoms with Crippen molar-refractivity contribution in [3.63, 3.8) is 0 Å². The predicted molar refractivity (Wildman–Crippen MR) is 94.5 cm³/mol. The zero-order valence-electron chi connectivity index (χ0n) is 12.1. The molecule has 23 heavy (non-hydrogen) atoms. The summed E-state index contributed by atoms with van der Waals surface area (Å²) >= 11 is 7.37. The molecule has 0 bridgehead atoms. The highest BCUT2D eigenvalue weighted by Gasteiger charge is 2.29. The van der Waals surface area contributed by atoms with Crippen molar-refractivity contribution in [1.82, 2.24) is 9.97 Å². The summed E-state index contributed by atoms with van der Waals surface area (Å²) in [4.78, 5) is 8.37. The normalized spacial score (nSPS) is 13.3. The molecule has 2 atom stereocenters. The Labute approximate surface area is 143 Å². The van der Waals surface area contributed by atoms with Gasteiger partial charge in [0, 0.05) is 5.56 Å². The zero-order chi connectivity index (χ0) is 16.6. The van der Waals surface area contributed by atoms with Gasteiger partial charge in [-0.25, -0.2) is 9.97 Å². The van der Waals surface area contributed by atoms with Gasteiger partial charge in [-0.05, 0) is 18.6 Å². The van der Waals surface area contributed by atoms with Gasteiger partial charge in [0.2, 0.25) is 0 Å². The van der Waals surface area contributed by atoms with Crippen LogP contribution >= 0.6 is 32.2 Å². The standard InChI is InChI=1S/C15H13ClF2N3PS/c1-8(9-4-2-3-5-10(9)15(17,18)22)21-14-13-11(19-7-20-14)6-12(16)23-13/h2-8H,22H2,1H3,(H,19,20,21). The van der Waals surface area contributed by atoms with Gasteiger partial charge < -0.3 is 5.32 Å². The van der Waals surface area contributed by atoms with Gasteiger partial charge >= 0.3 is 0 Å². The number of rotatable bonds is 4. The summed E-state index contributed by atoms with van der Waals surface area (Å²) in [5, 5.41) is 3.19. The van der Waals surface area contributed by atoms with E-state index >= 15 is 0 Å². The second kappa shape index (κ2) is 6.27. The van der Waals surface area contributed by atoms with Crippen LogP contribution in [0.15, 0.2) is 36.7 Å². The van der Waals surface area contributed by atoms with Crippen LogP contribution in [0.5, 0.6) is 0 Å². The molecule has 0 saturated heterocycles. The number of aromatic nitrogens is 2. The minimum Gasteiger partial charge on any atom is -0.362 e. The quantitative estimate of drug-likeness (QED) is 0.620. The summed E-state index contributed by atoms with van der Waals surface area (Å²) < 4.78 is 28.9. The second-order valence-corrected chi connectivity index (χ2v) is 7.47. The first-order valence-corrected chi connectivity index (χ1v) is 8.56. The molecule has 1 aromatic carbocycles. The van der Waals surface area contributed by atoms with E-state index in [-0.39, 0.29) is 11.6 Å². The Balaban J connectivity index is 1.97. The Kier molecular flexibility index (Phi) is 4.50. The lowest BCUT2D eigenvalue weighted by Gasteiger charge is -2.21. The van der Waals surface area contributed by atoms with E-state index in [4.69, 9.17) is 11.6 Å². The number of benzene rings is 1. The van der Waals surface area contributed by atoms with Crippen LogP contribution in [-0.2, 0) is 5.66 Å². The first-order valence-electron chi connectivity index (χ1n) is 6.79. The predicted octanol–water partition coefficient (Wildman–Crippen LogP) is 5.44. The van der Waals surface area contributed by atoms with E-state index in [1.165, 1.54) is 23.7 Å². The largest absolute Gasteiger partial charge is 0.362 e. The molecule has 8 heteroatoms. The van der Waals surface area contributed by atoms with Crippen molar-refractivity contribution in [3.8, 4) is 0 Å². The Morgan fingerprint density at radius 1 is 1.30 bits per heavy atom. The van der Waals surface area contributed by atoms with Crippen molar-refractivity contribution in [3.05, 3.63) is 52.1 Å². The molecule has 0 spiro atoms. The zero-order valence-corrected chi connectivity index (χ0v) is 14.8. The molecule has 0 fully saturated rings. The van der Waals surface area contributed by atoms with E-state index in [1.54, 1.807) is 33.5 Å². The molecule has 120 valence electrons. The van der Waals surface area contributed by atoms with E-state index in [2.05, 4.69) is 15.3 Å². The maximum Gasteiger partial charge on any atom is 0.284 e. The summed E-state index contributed by atoms with van der Waals surface area (Å²) in [7, 11) is 1.58. The van der Waals surface area contributed by atoms with Crippen molar-refractivity contribution >= 4 is 48.2 Å². The Morgan fingerprint density at radius 3 is 2.78 bits per heavy atom. The SMILES string of the molecule is CC(Nc1ncnc2cc(Cl)sc12)c1ccccc1C(F)(F)P. The molecule has 0 radical (unpaired) electrons. The summed E-state index contributed by atoms with van der Waals surface area (Å²) in [5.41, 5.74) is -1.77. The minimum atomic E-state index is -2.99. The molecule has 3 nitrogen and oxygen atoms in total. The van der Waals surface area contributed by atoms with Crippen molar-refractivity contribution in [1.29, 1.82) is 0 Å². The molecular formula is C15H13ClF2N3PS. The van der Waals surface area contributed by atoms with Gasteiger partial charge in [-0.15, -0.1) is 11.3 Å². The maximum atomic E-state index is 13.8. The number of thiophene rings is 1. The highest BCUT2D eigenvalue weighted by atomic mass is 35.5. The van der Waals surface area contributed by atoms with Gasteiger partial charge in [-0.3, -0.25) is 0 Å². The summed E-state index contributed by atoms with van der Waals surface area (Å²) in [6.45, 7) is 1.82. The third kappa shape index (κ3) is 3.44. The number of nitrogens with zero attached hydrogens (tertiary/aromatic N) is 2. The van der Waals surface area contributed by atoms with Crippen LogP contribution in [0.1, 0.15) is 24.1 Å². The van der Waals surface area contributed by atoms with Crippen LogP contribution in [0.2, 0.25) is 4.34 Å². The topological polar surface area (TPSA) is 37.8 Å². The fourth-order valence-corrected chi connectivity index (χ4v) is 3.78. The number of halogens is 3. The molecule has 0 amide bonds. The molecule has 2 aromatic heterocycles. The fourth-order valence-electron chi connectivity index (χ4n) is 2.39. The van der Waals surface area contributed by atoms with Crippen molar-refractivity contribution < 1.29 is 8.78 Å². The van der Waals surface area contributed by atoms with Gasteiger partial charge in [0.05, 0.1) is 20.6 Å². The Hall–Kier alpha value is -1.36. The number of alkyl halides is 2. The molecule has 0 saturated carbocycles. The average molecular weight is 372 g/mol. The van der Waals surface area contributed by atoms with E-state index in [9.17, 15) is 8.78 Å². The highest BCUT2D eigenvalue weighted by Crippen LogP contribution is 2.40. The first-order chi connectivity index (χ1) is 10.9. The van der Waals surface area contributed by atoms with Crippen LogP contribution in [0.3, 0.4) is 0 Å². The van der Waals surface area contributed by atoms with Crippen LogP contribution in [0, 0.1) is 0 Å². The van der Waals surface area contributed by atoms with E-state index in [0.717, 1.165) is 10.2 Å². The third-order valence-electron chi connectivity index (χ3n) is 3.42. The van der Waals surface area contributed by atoms with Gasteiger partial charge in [0.15, 0.2) is 0 Å².